The van der Waals surface area contributed by atoms with E-state index in [9.17, 15) is 5.11 Å². The molecule has 0 spiro atoms. The number of hydrogen-bond donors (Lipinski definition) is 1. The Hall–Kier alpha value is -0.390. The molecule has 1 aromatic rings. The number of ether oxygens (including phenoxy) is 2. The highest BCUT2D eigenvalue weighted by Gasteiger charge is 2.33. The average Bonchev–Trinajstić information content (AvgIpc) is 2.62. The maximum atomic E-state index is 10.1. The largest absolute Gasteiger partial charge is 0.388 e. The van der Waals surface area contributed by atoms with Gasteiger partial charge in [0.15, 0.2) is 5.79 Å². The molecule has 0 saturated carbocycles. The van der Waals surface area contributed by atoms with Gasteiger partial charge in [0, 0.05) is 18.2 Å². The summed E-state index contributed by atoms with van der Waals surface area (Å²) in [6, 6.07) is 1.61. The lowest BCUT2D eigenvalue weighted by Crippen LogP contribution is -2.22. The minimum atomic E-state index is -0.699. The molecule has 2 heterocycles. The van der Waals surface area contributed by atoms with Gasteiger partial charge < -0.3 is 14.6 Å². The number of nitrogens with zero attached hydrogens (tertiary/aromatic N) is 1. The highest BCUT2D eigenvalue weighted by atomic mass is 35.5. The molecule has 18 heavy (non-hydrogen) atoms. The third kappa shape index (κ3) is 3.33. The van der Waals surface area contributed by atoms with Crippen molar-refractivity contribution >= 4 is 23.2 Å². The molecular weight excluding hydrogens is 277 g/mol. The third-order valence-electron chi connectivity index (χ3n) is 2.76. The number of pyridine rings is 1. The van der Waals surface area contributed by atoms with E-state index in [1.54, 1.807) is 6.07 Å². The lowest BCUT2D eigenvalue weighted by atomic mass is 10.1. The van der Waals surface area contributed by atoms with Crippen LogP contribution in [0.2, 0.25) is 10.2 Å². The van der Waals surface area contributed by atoms with Crippen molar-refractivity contribution in [3.8, 4) is 0 Å². The van der Waals surface area contributed by atoms with Crippen LogP contribution >= 0.6 is 23.2 Å². The van der Waals surface area contributed by atoms with Crippen LogP contribution in [0.5, 0.6) is 0 Å². The smallest absolute Gasteiger partial charge is 0.163 e. The Balaban J connectivity index is 1.99. The zero-order valence-corrected chi connectivity index (χ0v) is 11.7. The van der Waals surface area contributed by atoms with Crippen LogP contribution in [0.1, 0.15) is 31.9 Å². The van der Waals surface area contributed by atoms with Crippen LogP contribution in [0.3, 0.4) is 0 Å². The van der Waals surface area contributed by atoms with Crippen molar-refractivity contribution in [3.63, 3.8) is 0 Å². The van der Waals surface area contributed by atoms with Crippen LogP contribution in [0.4, 0.5) is 0 Å². The second-order valence-electron chi connectivity index (χ2n) is 4.74. The van der Waals surface area contributed by atoms with E-state index in [2.05, 4.69) is 4.98 Å². The monoisotopic (exact) mass is 291 g/mol. The van der Waals surface area contributed by atoms with Crippen LogP contribution in [0.25, 0.3) is 0 Å². The van der Waals surface area contributed by atoms with Gasteiger partial charge in [-0.2, -0.15) is 0 Å². The first-order valence-electron chi connectivity index (χ1n) is 5.68. The van der Waals surface area contributed by atoms with Gasteiger partial charge in [-0.15, -0.1) is 0 Å². The molecule has 0 aromatic carbocycles. The summed E-state index contributed by atoms with van der Waals surface area (Å²) in [5.41, 5.74) is 0.623. The van der Waals surface area contributed by atoms with Crippen molar-refractivity contribution in [2.75, 3.05) is 6.61 Å². The van der Waals surface area contributed by atoms with Gasteiger partial charge in [0.2, 0.25) is 0 Å². The molecule has 0 radical (unpaired) electrons. The van der Waals surface area contributed by atoms with Crippen molar-refractivity contribution in [2.24, 2.45) is 0 Å². The second kappa shape index (κ2) is 5.31. The summed E-state index contributed by atoms with van der Waals surface area (Å²) in [5, 5.41) is 10.7. The third-order valence-corrected chi connectivity index (χ3v) is 3.44. The summed E-state index contributed by atoms with van der Waals surface area (Å²) in [7, 11) is 0. The molecule has 2 atom stereocenters. The van der Waals surface area contributed by atoms with E-state index < -0.39 is 11.9 Å². The summed E-state index contributed by atoms with van der Waals surface area (Å²) >= 11 is 11.6. The number of aliphatic hydroxyl groups excluding tert-OH is 1. The SMILES string of the molecule is CC1(C)OC[C@H](CC(O)c2cnc(Cl)c(Cl)c2)O1. The number of halogens is 2. The van der Waals surface area contributed by atoms with Crippen molar-refractivity contribution in [2.45, 2.75) is 38.3 Å². The summed E-state index contributed by atoms with van der Waals surface area (Å²) in [6.45, 7) is 4.17. The van der Waals surface area contributed by atoms with Crippen molar-refractivity contribution in [1.82, 2.24) is 4.98 Å². The lowest BCUT2D eigenvalue weighted by Gasteiger charge is -2.19. The van der Waals surface area contributed by atoms with E-state index in [4.69, 9.17) is 32.7 Å². The molecule has 1 saturated heterocycles. The zero-order valence-electron chi connectivity index (χ0n) is 10.2. The Morgan fingerprint density at radius 2 is 2.28 bits per heavy atom. The Morgan fingerprint density at radius 1 is 1.56 bits per heavy atom. The Bertz CT molecular complexity index is 439. The molecule has 4 nitrogen and oxygen atoms in total. The zero-order chi connectivity index (χ0) is 13.3. The van der Waals surface area contributed by atoms with Crippen molar-refractivity contribution < 1.29 is 14.6 Å². The van der Waals surface area contributed by atoms with Crippen molar-refractivity contribution in [3.05, 3.63) is 28.0 Å². The molecular formula is C12H15Cl2NO3. The van der Waals surface area contributed by atoms with Crippen LogP contribution in [0.15, 0.2) is 12.3 Å². The first-order chi connectivity index (χ1) is 8.37. The average molecular weight is 292 g/mol. The Kier molecular flexibility index (Phi) is 4.14. The predicted molar refractivity (Wildman–Crippen MR) is 68.7 cm³/mol. The summed E-state index contributed by atoms with van der Waals surface area (Å²) < 4.78 is 11.1. The minimum Gasteiger partial charge on any atom is -0.388 e. The molecule has 1 aliphatic heterocycles. The molecule has 1 unspecified atom stereocenters. The van der Waals surface area contributed by atoms with Crippen LogP contribution in [-0.4, -0.2) is 28.6 Å². The summed E-state index contributed by atoms with van der Waals surface area (Å²) in [5.74, 6) is -0.583. The molecule has 6 heteroatoms. The molecule has 0 amide bonds. The highest BCUT2D eigenvalue weighted by Crippen LogP contribution is 2.30. The van der Waals surface area contributed by atoms with Gasteiger partial charge >= 0.3 is 0 Å². The lowest BCUT2D eigenvalue weighted by molar-refractivity contribution is -0.141. The van der Waals surface area contributed by atoms with Gasteiger partial charge in [-0.05, 0) is 19.9 Å². The van der Waals surface area contributed by atoms with Gasteiger partial charge in [0.05, 0.1) is 23.8 Å². The number of rotatable bonds is 3. The maximum Gasteiger partial charge on any atom is 0.163 e. The van der Waals surface area contributed by atoms with Gasteiger partial charge in [0.1, 0.15) is 5.15 Å². The molecule has 100 valence electrons. The van der Waals surface area contributed by atoms with E-state index >= 15 is 0 Å². The number of aliphatic hydroxyl groups is 1. The quantitative estimate of drug-likeness (QED) is 0.870. The number of hydrogen-bond acceptors (Lipinski definition) is 4. The van der Waals surface area contributed by atoms with Crippen LogP contribution in [-0.2, 0) is 9.47 Å². The Labute approximate surface area is 116 Å². The molecule has 1 aromatic heterocycles. The normalized spacial score (nSPS) is 24.2. The van der Waals surface area contributed by atoms with Crippen LogP contribution < -0.4 is 0 Å². The van der Waals surface area contributed by atoms with Gasteiger partial charge in [0.25, 0.3) is 0 Å². The predicted octanol–water partition coefficient (Wildman–Crippen LogP) is 2.96. The standard InChI is InChI=1S/C12H15Cl2NO3/c1-12(2)17-6-8(18-12)4-10(16)7-3-9(13)11(14)15-5-7/h3,5,8,10,16H,4,6H2,1-2H3/t8-,10?/m0/s1. The van der Waals surface area contributed by atoms with E-state index in [1.165, 1.54) is 6.20 Å². The molecule has 1 aliphatic rings. The molecule has 0 bridgehead atoms. The molecule has 1 fully saturated rings. The molecule has 2 rings (SSSR count). The van der Waals surface area contributed by atoms with Gasteiger partial charge in [-0.25, -0.2) is 4.98 Å². The molecule has 0 aliphatic carbocycles. The van der Waals surface area contributed by atoms with Crippen LogP contribution in [0, 0.1) is 0 Å². The van der Waals surface area contributed by atoms with E-state index in [0.29, 0.717) is 23.6 Å². The van der Waals surface area contributed by atoms with E-state index in [-0.39, 0.29) is 11.3 Å². The first-order valence-corrected chi connectivity index (χ1v) is 6.44. The van der Waals surface area contributed by atoms with Crippen molar-refractivity contribution in [1.29, 1.82) is 0 Å². The fourth-order valence-electron chi connectivity index (χ4n) is 1.88. The highest BCUT2D eigenvalue weighted by molar-refractivity contribution is 6.41. The van der Waals surface area contributed by atoms with E-state index in [0.717, 1.165) is 0 Å². The second-order valence-corrected chi connectivity index (χ2v) is 5.51. The molecule has 1 N–H and O–H groups in total. The summed E-state index contributed by atoms with van der Waals surface area (Å²) in [6.07, 6.45) is 1.11. The first kappa shape index (κ1) is 14.0. The maximum absolute atomic E-state index is 10.1. The van der Waals surface area contributed by atoms with E-state index in [1.807, 2.05) is 13.8 Å². The van der Waals surface area contributed by atoms with Gasteiger partial charge in [-0.1, -0.05) is 23.2 Å². The fourth-order valence-corrected chi connectivity index (χ4v) is 2.16. The fraction of sp³-hybridized carbons (Fsp3) is 0.583. The minimum absolute atomic E-state index is 0.135. The Morgan fingerprint density at radius 3 is 2.83 bits per heavy atom. The van der Waals surface area contributed by atoms with Gasteiger partial charge in [-0.3, -0.25) is 0 Å². The number of aromatic nitrogens is 1. The topological polar surface area (TPSA) is 51.6 Å². The summed E-state index contributed by atoms with van der Waals surface area (Å²) in [4.78, 5) is 3.90.